The summed E-state index contributed by atoms with van der Waals surface area (Å²) in [6, 6.07) is 23.9. The Balaban J connectivity index is 1.10. The molecule has 0 amide bonds. The highest BCUT2D eigenvalue weighted by Crippen LogP contribution is 2.41. The molecule has 5 heterocycles. The molecule has 208 valence electrons. The monoisotopic (exact) mass is 558 g/mol. The van der Waals surface area contributed by atoms with Crippen molar-refractivity contribution >= 4 is 5.82 Å². The number of piperidine rings is 1. The van der Waals surface area contributed by atoms with Crippen molar-refractivity contribution in [3.8, 4) is 45.9 Å². The molecule has 1 saturated heterocycles. The lowest BCUT2D eigenvalue weighted by molar-refractivity contribution is 0.211. The molecule has 0 unspecified atom stereocenters. The van der Waals surface area contributed by atoms with Gasteiger partial charge in [-0.1, -0.05) is 54.6 Å². The van der Waals surface area contributed by atoms with Crippen LogP contribution in [-0.2, 0) is 13.3 Å². The Morgan fingerprint density at radius 1 is 0.929 bits per heavy atom. The molecular weight excluding hydrogens is 531 g/mol. The molecule has 0 aliphatic carbocycles. The van der Waals surface area contributed by atoms with Gasteiger partial charge in [0.25, 0.3) is 0 Å². The second-order valence-corrected chi connectivity index (χ2v) is 10.4. The number of hydrogen-bond donors (Lipinski definition) is 1. The van der Waals surface area contributed by atoms with Crippen LogP contribution in [0.1, 0.15) is 24.2 Å². The molecule has 0 atom stereocenters. The first-order chi connectivity index (χ1) is 20.7. The normalized spacial score (nSPS) is 14.9. The van der Waals surface area contributed by atoms with Crippen LogP contribution in [0.15, 0.2) is 79.1 Å². The average molecular weight is 559 g/mol. The largest absolute Gasteiger partial charge is 0.455 e. The third kappa shape index (κ3) is 4.95. The van der Waals surface area contributed by atoms with E-state index in [2.05, 4.69) is 49.4 Å². The zero-order chi connectivity index (χ0) is 28.5. The van der Waals surface area contributed by atoms with E-state index in [0.29, 0.717) is 17.7 Å². The first kappa shape index (κ1) is 25.8. The first-order valence-electron chi connectivity index (χ1n) is 13.9. The maximum Gasteiger partial charge on any atom is 0.234 e. The van der Waals surface area contributed by atoms with E-state index in [1.807, 2.05) is 41.0 Å². The fraction of sp³-hybridized carbons (Fsp3) is 0.219. The molecule has 5 aromatic rings. The molecule has 1 fully saturated rings. The molecule has 3 aromatic heterocycles. The standard InChI is InChI=1S/C32H27FN8O/c33-25-10-14-36-32-28(25)31-39-29(30(41(31)20-42-32)23-4-2-1-3-5-23)22-8-6-21(7-9-22)19-40-16-12-24(13-17-40)37-26-11-15-35-27(18-34)38-26/h1-11,14-15,24H,12-13,16-17,19-20H2,(H,35,37,38). The number of rotatable bonds is 6. The van der Waals surface area contributed by atoms with Crippen molar-refractivity contribution < 1.29 is 9.13 Å². The van der Waals surface area contributed by atoms with E-state index in [-0.39, 0.29) is 24.0 Å². The Labute approximate surface area is 242 Å². The number of halogens is 1. The third-order valence-electron chi connectivity index (χ3n) is 7.76. The van der Waals surface area contributed by atoms with Crippen molar-refractivity contribution in [1.82, 2.24) is 29.4 Å². The molecule has 0 radical (unpaired) electrons. The number of nitrogens with one attached hydrogen (secondary N) is 1. The maximum absolute atomic E-state index is 14.9. The lowest BCUT2D eigenvalue weighted by Crippen LogP contribution is -2.38. The smallest absolute Gasteiger partial charge is 0.234 e. The Morgan fingerprint density at radius 3 is 2.50 bits per heavy atom. The summed E-state index contributed by atoms with van der Waals surface area (Å²) < 4.78 is 22.7. The number of imidazole rings is 1. The summed E-state index contributed by atoms with van der Waals surface area (Å²) in [5.74, 6) is 1.24. The zero-order valence-electron chi connectivity index (χ0n) is 22.7. The number of nitriles is 1. The Morgan fingerprint density at radius 2 is 1.71 bits per heavy atom. The van der Waals surface area contributed by atoms with Gasteiger partial charge >= 0.3 is 0 Å². The van der Waals surface area contributed by atoms with Gasteiger partial charge in [-0.25, -0.2) is 24.3 Å². The van der Waals surface area contributed by atoms with E-state index >= 15 is 0 Å². The summed E-state index contributed by atoms with van der Waals surface area (Å²) in [5.41, 5.74) is 5.09. The summed E-state index contributed by atoms with van der Waals surface area (Å²) in [6.45, 7) is 2.97. The molecule has 2 aromatic carbocycles. The highest BCUT2D eigenvalue weighted by atomic mass is 19.1. The second-order valence-electron chi connectivity index (χ2n) is 10.4. The lowest BCUT2D eigenvalue weighted by atomic mass is 10.0. The van der Waals surface area contributed by atoms with Crippen LogP contribution >= 0.6 is 0 Å². The highest BCUT2D eigenvalue weighted by Gasteiger charge is 2.29. The van der Waals surface area contributed by atoms with Crippen molar-refractivity contribution in [3.05, 3.63) is 96.3 Å². The number of pyridine rings is 1. The zero-order valence-corrected chi connectivity index (χ0v) is 22.7. The number of hydrogen-bond acceptors (Lipinski definition) is 8. The number of anilines is 1. The van der Waals surface area contributed by atoms with Crippen LogP contribution in [0, 0.1) is 17.1 Å². The van der Waals surface area contributed by atoms with Crippen molar-refractivity contribution in [3.63, 3.8) is 0 Å². The number of nitrogens with zero attached hydrogens (tertiary/aromatic N) is 7. The highest BCUT2D eigenvalue weighted by molar-refractivity contribution is 5.83. The number of likely N-dealkylation sites (tertiary alicyclic amines) is 1. The van der Waals surface area contributed by atoms with Gasteiger partial charge in [-0.3, -0.25) is 9.47 Å². The second kappa shape index (κ2) is 11.0. The predicted molar refractivity (Wildman–Crippen MR) is 156 cm³/mol. The number of aromatic nitrogens is 5. The van der Waals surface area contributed by atoms with Crippen molar-refractivity contribution in [2.75, 3.05) is 18.4 Å². The summed E-state index contributed by atoms with van der Waals surface area (Å²) in [5, 5.41) is 12.5. The van der Waals surface area contributed by atoms with E-state index in [9.17, 15) is 4.39 Å². The summed E-state index contributed by atoms with van der Waals surface area (Å²) in [4.78, 5) is 19.8. The van der Waals surface area contributed by atoms with Crippen LogP contribution in [-0.4, -0.2) is 48.5 Å². The number of ether oxygens (including phenoxy) is 1. The van der Waals surface area contributed by atoms with Crippen LogP contribution in [0.3, 0.4) is 0 Å². The Bertz CT molecular complexity index is 1770. The summed E-state index contributed by atoms with van der Waals surface area (Å²) in [6.07, 6.45) is 4.99. The summed E-state index contributed by atoms with van der Waals surface area (Å²) >= 11 is 0. The van der Waals surface area contributed by atoms with Gasteiger partial charge in [-0.15, -0.1) is 0 Å². The fourth-order valence-electron chi connectivity index (χ4n) is 5.68. The van der Waals surface area contributed by atoms with Gasteiger partial charge in [0.1, 0.15) is 23.3 Å². The van der Waals surface area contributed by atoms with E-state index in [0.717, 1.165) is 55.0 Å². The molecule has 42 heavy (non-hydrogen) atoms. The molecule has 1 N–H and O–H groups in total. The van der Waals surface area contributed by atoms with Crippen LogP contribution in [0.5, 0.6) is 5.88 Å². The van der Waals surface area contributed by atoms with E-state index < -0.39 is 5.82 Å². The minimum Gasteiger partial charge on any atom is -0.455 e. The van der Waals surface area contributed by atoms with Crippen molar-refractivity contribution in [1.29, 1.82) is 5.26 Å². The molecule has 10 heteroatoms. The quantitative estimate of drug-likeness (QED) is 0.291. The minimum absolute atomic E-state index is 0.176. The molecule has 0 spiro atoms. The van der Waals surface area contributed by atoms with Gasteiger partial charge in [-0.05, 0) is 30.5 Å². The molecule has 9 nitrogen and oxygen atoms in total. The SMILES string of the molecule is N#Cc1nccc(NC2CCN(Cc3ccc(-c4nc5n(c4-c4ccccc4)COc4nccc(F)c4-5)cc3)CC2)n1. The Kier molecular flexibility index (Phi) is 6.78. The van der Waals surface area contributed by atoms with Crippen LogP contribution in [0.25, 0.3) is 33.9 Å². The molecule has 0 bridgehead atoms. The van der Waals surface area contributed by atoms with Gasteiger partial charge in [0, 0.05) is 49.2 Å². The van der Waals surface area contributed by atoms with E-state index in [4.69, 9.17) is 15.0 Å². The van der Waals surface area contributed by atoms with Gasteiger partial charge in [0.2, 0.25) is 11.7 Å². The van der Waals surface area contributed by atoms with Crippen LogP contribution < -0.4 is 10.1 Å². The minimum atomic E-state index is -0.407. The predicted octanol–water partition coefficient (Wildman–Crippen LogP) is 5.51. The number of benzene rings is 2. The average Bonchev–Trinajstić information content (AvgIpc) is 3.43. The molecular formula is C32H27FN8O. The van der Waals surface area contributed by atoms with Crippen LogP contribution in [0.4, 0.5) is 10.2 Å². The molecule has 7 rings (SSSR count). The molecule has 2 aliphatic rings. The van der Waals surface area contributed by atoms with Gasteiger partial charge in [0.15, 0.2) is 12.6 Å². The molecule has 0 saturated carbocycles. The van der Waals surface area contributed by atoms with E-state index in [1.54, 1.807) is 12.3 Å². The first-order valence-corrected chi connectivity index (χ1v) is 13.9. The van der Waals surface area contributed by atoms with Gasteiger partial charge in [0.05, 0.1) is 11.4 Å². The topological polar surface area (TPSA) is 105 Å². The van der Waals surface area contributed by atoms with E-state index in [1.165, 1.54) is 17.8 Å². The lowest BCUT2D eigenvalue weighted by Gasteiger charge is -2.32. The van der Waals surface area contributed by atoms with Crippen molar-refractivity contribution in [2.45, 2.75) is 32.2 Å². The van der Waals surface area contributed by atoms with Gasteiger partial charge in [-0.2, -0.15) is 5.26 Å². The third-order valence-corrected chi connectivity index (χ3v) is 7.76. The van der Waals surface area contributed by atoms with Crippen LogP contribution in [0.2, 0.25) is 0 Å². The summed E-state index contributed by atoms with van der Waals surface area (Å²) in [7, 11) is 0. The van der Waals surface area contributed by atoms with Gasteiger partial charge < -0.3 is 10.1 Å². The number of fused-ring (bicyclic) bond motifs is 3. The maximum atomic E-state index is 14.9. The Hall–Kier alpha value is -5.14. The van der Waals surface area contributed by atoms with Crippen molar-refractivity contribution in [2.24, 2.45) is 0 Å². The molecule has 2 aliphatic heterocycles. The fourth-order valence-corrected chi connectivity index (χ4v) is 5.68.